The fourth-order valence-electron chi connectivity index (χ4n) is 3.90. The van der Waals surface area contributed by atoms with Crippen molar-refractivity contribution in [3.8, 4) is 5.75 Å². The summed E-state index contributed by atoms with van der Waals surface area (Å²) >= 11 is 1.43. The summed E-state index contributed by atoms with van der Waals surface area (Å²) in [6, 6.07) is 17.6. The molecule has 1 N–H and O–H groups in total. The maximum atomic E-state index is 14.1. The van der Waals surface area contributed by atoms with Crippen molar-refractivity contribution >= 4 is 39.9 Å². The number of aromatic nitrogens is 3. The van der Waals surface area contributed by atoms with Crippen LogP contribution in [0.25, 0.3) is 11.0 Å². The van der Waals surface area contributed by atoms with Gasteiger partial charge < -0.3 is 10.1 Å². The molecule has 0 saturated heterocycles. The number of hydrogen-bond donors (Lipinski definition) is 1. The van der Waals surface area contributed by atoms with Gasteiger partial charge in [-0.25, -0.2) is 4.68 Å². The zero-order valence-corrected chi connectivity index (χ0v) is 21.8. The Balaban J connectivity index is 1.82. The summed E-state index contributed by atoms with van der Waals surface area (Å²) in [7, 11) is 0. The summed E-state index contributed by atoms with van der Waals surface area (Å²) in [5.41, 5.74) is 1.52. The first kappa shape index (κ1) is 25.4. The van der Waals surface area contributed by atoms with E-state index in [0.29, 0.717) is 23.6 Å². The summed E-state index contributed by atoms with van der Waals surface area (Å²) in [4.78, 5) is 30.2. The van der Waals surface area contributed by atoms with Gasteiger partial charge in [0.2, 0.25) is 11.8 Å². The van der Waals surface area contributed by atoms with Crippen LogP contribution in [0.5, 0.6) is 5.75 Å². The molecule has 1 unspecified atom stereocenters. The van der Waals surface area contributed by atoms with E-state index < -0.39 is 11.6 Å². The molecular weight excluding hydrogens is 474 g/mol. The lowest BCUT2D eigenvalue weighted by Gasteiger charge is -2.34. The number of nitrogens with one attached hydrogen (secondary N) is 1. The molecule has 8 nitrogen and oxygen atoms in total. The number of ether oxygens (including phenoxy) is 1. The Morgan fingerprint density at radius 2 is 1.83 bits per heavy atom. The summed E-state index contributed by atoms with van der Waals surface area (Å²) in [5.74, 6) is -0.0334. The number of hydrogen-bond acceptors (Lipinski definition) is 6. The van der Waals surface area contributed by atoms with Gasteiger partial charge in [0.05, 0.1) is 17.8 Å². The van der Waals surface area contributed by atoms with Crippen LogP contribution in [0.15, 0.2) is 66.0 Å². The van der Waals surface area contributed by atoms with Gasteiger partial charge in [-0.1, -0.05) is 42.5 Å². The zero-order chi connectivity index (χ0) is 25.7. The van der Waals surface area contributed by atoms with E-state index in [1.807, 2.05) is 87.7 Å². The lowest BCUT2D eigenvalue weighted by molar-refractivity contribution is -0.128. The molecular formula is C27H31N5O3S. The van der Waals surface area contributed by atoms with Gasteiger partial charge >= 0.3 is 0 Å². The predicted octanol–water partition coefficient (Wildman–Crippen LogP) is 4.97. The minimum atomic E-state index is -0.889. The van der Waals surface area contributed by atoms with Gasteiger partial charge in [0, 0.05) is 10.4 Å². The van der Waals surface area contributed by atoms with Crippen LogP contribution < -0.4 is 15.0 Å². The lowest BCUT2D eigenvalue weighted by atomic mass is 10.0. The van der Waals surface area contributed by atoms with E-state index in [-0.39, 0.29) is 18.4 Å². The molecule has 1 atom stereocenters. The number of benzene rings is 2. The summed E-state index contributed by atoms with van der Waals surface area (Å²) < 4.78 is 7.45. The van der Waals surface area contributed by atoms with Gasteiger partial charge in [-0.15, -0.1) is 16.4 Å². The summed E-state index contributed by atoms with van der Waals surface area (Å²) in [6.45, 7) is 8.18. The molecule has 188 valence electrons. The number of para-hydroxylation sites is 3. The van der Waals surface area contributed by atoms with Crippen molar-refractivity contribution in [2.45, 2.75) is 52.2 Å². The van der Waals surface area contributed by atoms with Crippen LogP contribution in [-0.2, 0) is 16.1 Å². The summed E-state index contributed by atoms with van der Waals surface area (Å²) in [6.07, 6.45) is 0.740. The van der Waals surface area contributed by atoms with Crippen molar-refractivity contribution in [2.24, 2.45) is 0 Å². The van der Waals surface area contributed by atoms with Crippen LogP contribution in [-0.4, -0.2) is 39.0 Å². The maximum Gasteiger partial charge on any atom is 0.249 e. The highest BCUT2D eigenvalue weighted by molar-refractivity contribution is 7.10. The van der Waals surface area contributed by atoms with Crippen LogP contribution >= 0.6 is 11.3 Å². The van der Waals surface area contributed by atoms with E-state index in [2.05, 4.69) is 15.6 Å². The number of carbonyl (C=O) groups excluding carboxylic acids is 2. The standard InChI is InChI=1S/C27H31N5O3S/c1-5-27(3,4)28-26(34)25(23-16-11-17-36-23)32(21-14-9-10-15-22(21)35-6-2)24(33)18-31-20-13-8-7-12-19(20)29-30-31/h7-17,25H,5-6,18H2,1-4H3,(H,28,34). The SMILES string of the molecule is CCOc1ccccc1N(C(=O)Cn1nnc2ccccc21)C(C(=O)NC(C)(C)CC)c1cccs1. The Kier molecular flexibility index (Phi) is 7.69. The van der Waals surface area contributed by atoms with Crippen LogP contribution in [0.3, 0.4) is 0 Å². The van der Waals surface area contributed by atoms with Crippen molar-refractivity contribution in [2.75, 3.05) is 11.5 Å². The highest BCUT2D eigenvalue weighted by atomic mass is 32.1. The minimum absolute atomic E-state index is 0.0900. The summed E-state index contributed by atoms with van der Waals surface area (Å²) in [5, 5.41) is 13.4. The van der Waals surface area contributed by atoms with E-state index in [0.717, 1.165) is 16.8 Å². The van der Waals surface area contributed by atoms with E-state index in [1.54, 1.807) is 10.7 Å². The molecule has 0 bridgehead atoms. The Hall–Kier alpha value is -3.72. The number of carbonyl (C=O) groups is 2. The number of nitrogens with zero attached hydrogens (tertiary/aromatic N) is 4. The highest BCUT2D eigenvalue weighted by Gasteiger charge is 2.37. The van der Waals surface area contributed by atoms with Crippen LogP contribution in [0.1, 0.15) is 45.0 Å². The van der Waals surface area contributed by atoms with E-state index >= 15 is 0 Å². The molecule has 0 aliphatic rings. The number of fused-ring (bicyclic) bond motifs is 1. The molecule has 36 heavy (non-hydrogen) atoms. The van der Waals surface area contributed by atoms with Crippen molar-refractivity contribution in [1.29, 1.82) is 0 Å². The highest BCUT2D eigenvalue weighted by Crippen LogP contribution is 2.37. The molecule has 0 radical (unpaired) electrons. The Morgan fingerprint density at radius 1 is 1.08 bits per heavy atom. The monoisotopic (exact) mass is 505 g/mol. The first-order valence-electron chi connectivity index (χ1n) is 12.0. The molecule has 2 aromatic heterocycles. The van der Waals surface area contributed by atoms with Crippen molar-refractivity contribution in [1.82, 2.24) is 20.3 Å². The van der Waals surface area contributed by atoms with Crippen molar-refractivity contribution < 1.29 is 14.3 Å². The minimum Gasteiger partial charge on any atom is -0.492 e. The average Bonchev–Trinajstić information content (AvgIpc) is 3.53. The molecule has 0 saturated carbocycles. The van der Waals surface area contributed by atoms with E-state index in [4.69, 9.17) is 4.74 Å². The van der Waals surface area contributed by atoms with Crippen molar-refractivity contribution in [3.05, 3.63) is 70.9 Å². The fourth-order valence-corrected chi connectivity index (χ4v) is 4.71. The first-order chi connectivity index (χ1) is 17.3. The quantitative estimate of drug-likeness (QED) is 0.329. The largest absolute Gasteiger partial charge is 0.492 e. The molecule has 0 aliphatic carbocycles. The van der Waals surface area contributed by atoms with Gasteiger partial charge in [0.25, 0.3) is 0 Å². The molecule has 0 spiro atoms. The Bertz CT molecular complexity index is 1330. The van der Waals surface area contributed by atoms with Gasteiger partial charge in [0.15, 0.2) is 0 Å². The molecule has 2 aromatic carbocycles. The lowest BCUT2D eigenvalue weighted by Crippen LogP contribution is -2.51. The second kappa shape index (κ2) is 10.9. The average molecular weight is 506 g/mol. The molecule has 2 amide bonds. The number of rotatable bonds is 10. The first-order valence-corrected chi connectivity index (χ1v) is 12.9. The molecule has 4 aromatic rings. The Labute approximate surface area is 214 Å². The molecule has 9 heteroatoms. The molecule has 2 heterocycles. The van der Waals surface area contributed by atoms with Gasteiger partial charge in [-0.05, 0) is 62.9 Å². The molecule has 0 aliphatic heterocycles. The van der Waals surface area contributed by atoms with Gasteiger partial charge in [0.1, 0.15) is 23.9 Å². The van der Waals surface area contributed by atoms with Gasteiger partial charge in [-0.2, -0.15) is 0 Å². The topological polar surface area (TPSA) is 89.3 Å². The third-order valence-electron chi connectivity index (χ3n) is 6.06. The molecule has 0 fully saturated rings. The number of anilines is 1. The Morgan fingerprint density at radius 3 is 2.56 bits per heavy atom. The van der Waals surface area contributed by atoms with Crippen LogP contribution in [0.4, 0.5) is 5.69 Å². The number of thiophene rings is 1. The zero-order valence-electron chi connectivity index (χ0n) is 21.0. The predicted molar refractivity (Wildman–Crippen MR) is 142 cm³/mol. The smallest absolute Gasteiger partial charge is 0.249 e. The van der Waals surface area contributed by atoms with Crippen LogP contribution in [0, 0.1) is 0 Å². The normalized spacial score (nSPS) is 12.3. The van der Waals surface area contributed by atoms with E-state index in [1.165, 1.54) is 16.2 Å². The van der Waals surface area contributed by atoms with Gasteiger partial charge in [-0.3, -0.25) is 14.5 Å². The van der Waals surface area contributed by atoms with Crippen molar-refractivity contribution in [3.63, 3.8) is 0 Å². The third-order valence-corrected chi connectivity index (χ3v) is 6.99. The fraction of sp³-hybridized carbons (Fsp3) is 0.333. The molecule has 4 rings (SSSR count). The second-order valence-electron chi connectivity index (χ2n) is 9.04. The maximum absolute atomic E-state index is 14.1. The number of amides is 2. The third kappa shape index (κ3) is 5.41. The second-order valence-corrected chi connectivity index (χ2v) is 10.0. The van der Waals surface area contributed by atoms with Crippen LogP contribution in [0.2, 0.25) is 0 Å². The van der Waals surface area contributed by atoms with E-state index in [9.17, 15) is 9.59 Å².